The quantitative estimate of drug-likeness (QED) is 0.718. The molecule has 0 N–H and O–H groups in total. The van der Waals surface area contributed by atoms with Gasteiger partial charge in [-0.1, -0.05) is 0 Å². The van der Waals surface area contributed by atoms with E-state index in [1.54, 1.807) is 0 Å². The van der Waals surface area contributed by atoms with Gasteiger partial charge in [-0.25, -0.2) is 0 Å². The molecule has 2 rings (SSSR count). The molecule has 0 radical (unpaired) electrons. The smallest absolute Gasteiger partial charge is 0.0669 e. The van der Waals surface area contributed by atoms with Gasteiger partial charge in [-0.05, 0) is 45.1 Å². The molecular formula is C13H22N2O. The summed E-state index contributed by atoms with van der Waals surface area (Å²) in [5, 5.41) is 9.00. The molecule has 0 amide bonds. The Hall–Kier alpha value is -0.590. The third-order valence-electron chi connectivity index (χ3n) is 4.08. The first kappa shape index (κ1) is 11.9. The molecule has 1 aliphatic carbocycles. The number of likely N-dealkylation sites (tertiary alicyclic amines) is 1. The summed E-state index contributed by atoms with van der Waals surface area (Å²) in [5.74, 6) is 0.261. The number of piperidine rings is 1. The number of nitrogens with zero attached hydrogens (tertiary/aromatic N) is 2. The summed E-state index contributed by atoms with van der Waals surface area (Å²) in [4.78, 5) is 2.53. The topological polar surface area (TPSA) is 36.3 Å². The average Bonchev–Trinajstić information content (AvgIpc) is 2.39. The van der Waals surface area contributed by atoms with Gasteiger partial charge in [0.1, 0.15) is 0 Å². The lowest BCUT2D eigenvalue weighted by atomic mass is 9.89. The highest BCUT2D eigenvalue weighted by atomic mass is 16.5. The van der Waals surface area contributed by atoms with Gasteiger partial charge in [0.15, 0.2) is 0 Å². The number of hydrogen-bond acceptors (Lipinski definition) is 3. The fourth-order valence-corrected chi connectivity index (χ4v) is 3.11. The van der Waals surface area contributed by atoms with Crippen LogP contribution in [0.4, 0.5) is 0 Å². The van der Waals surface area contributed by atoms with Crippen molar-refractivity contribution < 1.29 is 4.74 Å². The number of ether oxygens (including phenoxy) is 1. The van der Waals surface area contributed by atoms with Gasteiger partial charge in [-0.2, -0.15) is 5.26 Å². The van der Waals surface area contributed by atoms with Gasteiger partial charge < -0.3 is 4.74 Å². The zero-order valence-electron chi connectivity index (χ0n) is 10.2. The molecular weight excluding hydrogens is 200 g/mol. The van der Waals surface area contributed by atoms with Gasteiger partial charge in [-0.3, -0.25) is 4.90 Å². The predicted octanol–water partition coefficient (Wildman–Crippen LogP) is 2.18. The highest BCUT2D eigenvalue weighted by Crippen LogP contribution is 2.28. The molecule has 90 valence electrons. The van der Waals surface area contributed by atoms with Crippen LogP contribution in [0.1, 0.15) is 38.5 Å². The number of nitriles is 1. The van der Waals surface area contributed by atoms with E-state index in [1.807, 2.05) is 7.11 Å². The first-order valence-electron chi connectivity index (χ1n) is 6.50. The van der Waals surface area contributed by atoms with E-state index in [0.29, 0.717) is 12.1 Å². The van der Waals surface area contributed by atoms with Crippen molar-refractivity contribution in [2.75, 3.05) is 20.2 Å². The molecule has 2 fully saturated rings. The number of hydrogen-bond donors (Lipinski definition) is 0. The third kappa shape index (κ3) is 2.75. The SMILES string of the molecule is COC1CCCC(N2CCCC(C#N)C2)C1. The molecule has 1 saturated heterocycles. The van der Waals surface area contributed by atoms with Gasteiger partial charge in [0, 0.05) is 19.7 Å². The zero-order valence-corrected chi connectivity index (χ0v) is 10.2. The molecule has 16 heavy (non-hydrogen) atoms. The highest BCUT2D eigenvalue weighted by molar-refractivity contribution is 4.91. The van der Waals surface area contributed by atoms with Gasteiger partial charge in [0.2, 0.25) is 0 Å². The van der Waals surface area contributed by atoms with E-state index in [9.17, 15) is 0 Å². The molecule has 3 unspecified atom stereocenters. The molecule has 2 aliphatic rings. The molecule has 0 spiro atoms. The maximum atomic E-state index is 9.00. The van der Waals surface area contributed by atoms with Crippen LogP contribution >= 0.6 is 0 Å². The average molecular weight is 222 g/mol. The van der Waals surface area contributed by atoms with Crippen LogP contribution < -0.4 is 0 Å². The van der Waals surface area contributed by atoms with Crippen LogP contribution in [-0.2, 0) is 4.74 Å². The lowest BCUT2D eigenvalue weighted by Crippen LogP contribution is -2.45. The van der Waals surface area contributed by atoms with Crippen molar-refractivity contribution in [3.63, 3.8) is 0 Å². The Morgan fingerprint density at radius 2 is 2.12 bits per heavy atom. The first-order valence-corrected chi connectivity index (χ1v) is 6.50. The van der Waals surface area contributed by atoms with Crippen LogP contribution in [0, 0.1) is 17.2 Å². The molecule has 0 aromatic carbocycles. The van der Waals surface area contributed by atoms with Crippen LogP contribution in [0.3, 0.4) is 0 Å². The molecule has 1 aliphatic heterocycles. The summed E-state index contributed by atoms with van der Waals surface area (Å²) in [6.07, 6.45) is 7.66. The lowest BCUT2D eigenvalue weighted by molar-refractivity contribution is 0.0187. The van der Waals surface area contributed by atoms with Crippen LogP contribution in [0.25, 0.3) is 0 Å². The Labute approximate surface area is 98.4 Å². The Bertz CT molecular complexity index is 261. The van der Waals surface area contributed by atoms with Crippen molar-refractivity contribution in [2.24, 2.45) is 5.92 Å². The molecule has 3 atom stereocenters. The fourth-order valence-electron chi connectivity index (χ4n) is 3.11. The number of methoxy groups -OCH3 is 1. The fraction of sp³-hybridized carbons (Fsp3) is 0.923. The van der Waals surface area contributed by atoms with E-state index >= 15 is 0 Å². The lowest BCUT2D eigenvalue weighted by Gasteiger charge is -2.40. The van der Waals surface area contributed by atoms with E-state index in [-0.39, 0.29) is 5.92 Å². The predicted molar refractivity (Wildman–Crippen MR) is 63.0 cm³/mol. The minimum absolute atomic E-state index is 0.261. The number of rotatable bonds is 2. The Balaban J connectivity index is 1.88. The molecule has 3 nitrogen and oxygen atoms in total. The largest absolute Gasteiger partial charge is 0.381 e. The van der Waals surface area contributed by atoms with E-state index in [0.717, 1.165) is 19.4 Å². The second kappa shape index (κ2) is 5.65. The van der Waals surface area contributed by atoms with Crippen LogP contribution in [0.15, 0.2) is 0 Å². The Morgan fingerprint density at radius 1 is 1.25 bits per heavy atom. The van der Waals surface area contributed by atoms with Crippen LogP contribution in [0.2, 0.25) is 0 Å². The van der Waals surface area contributed by atoms with Crippen molar-refractivity contribution in [1.29, 1.82) is 5.26 Å². The second-order valence-electron chi connectivity index (χ2n) is 5.14. The van der Waals surface area contributed by atoms with E-state index < -0.39 is 0 Å². The first-order chi connectivity index (χ1) is 7.83. The van der Waals surface area contributed by atoms with E-state index in [2.05, 4.69) is 11.0 Å². The molecule has 0 aromatic rings. The van der Waals surface area contributed by atoms with Gasteiger partial charge >= 0.3 is 0 Å². The van der Waals surface area contributed by atoms with Crippen molar-refractivity contribution in [1.82, 2.24) is 4.90 Å². The van der Waals surface area contributed by atoms with E-state index in [4.69, 9.17) is 10.00 Å². The highest BCUT2D eigenvalue weighted by Gasteiger charge is 2.30. The van der Waals surface area contributed by atoms with Gasteiger partial charge in [-0.15, -0.1) is 0 Å². The summed E-state index contributed by atoms with van der Waals surface area (Å²) in [7, 11) is 1.82. The maximum absolute atomic E-state index is 9.00. The van der Waals surface area contributed by atoms with Gasteiger partial charge in [0.25, 0.3) is 0 Å². The zero-order chi connectivity index (χ0) is 11.4. The summed E-state index contributed by atoms with van der Waals surface area (Å²) >= 11 is 0. The molecule has 0 bridgehead atoms. The second-order valence-corrected chi connectivity index (χ2v) is 5.14. The summed E-state index contributed by atoms with van der Waals surface area (Å²) < 4.78 is 5.47. The van der Waals surface area contributed by atoms with Crippen LogP contribution in [0.5, 0.6) is 0 Å². The molecule has 1 heterocycles. The van der Waals surface area contributed by atoms with Crippen molar-refractivity contribution in [3.8, 4) is 6.07 Å². The van der Waals surface area contributed by atoms with Crippen LogP contribution in [-0.4, -0.2) is 37.2 Å². The van der Waals surface area contributed by atoms with E-state index in [1.165, 1.54) is 32.2 Å². The molecule has 1 saturated carbocycles. The van der Waals surface area contributed by atoms with Gasteiger partial charge in [0.05, 0.1) is 18.1 Å². The molecule has 0 aromatic heterocycles. The summed E-state index contributed by atoms with van der Waals surface area (Å²) in [6, 6.07) is 3.09. The Morgan fingerprint density at radius 3 is 2.88 bits per heavy atom. The third-order valence-corrected chi connectivity index (χ3v) is 4.08. The van der Waals surface area contributed by atoms with Crippen molar-refractivity contribution >= 4 is 0 Å². The Kier molecular flexibility index (Phi) is 4.20. The standard InChI is InChI=1S/C13H22N2O/c1-16-13-6-2-5-12(8-13)15-7-3-4-11(9-14)10-15/h11-13H,2-8,10H2,1H3. The minimum atomic E-state index is 0.261. The monoisotopic (exact) mass is 222 g/mol. The van der Waals surface area contributed by atoms with Crippen molar-refractivity contribution in [3.05, 3.63) is 0 Å². The maximum Gasteiger partial charge on any atom is 0.0669 e. The summed E-state index contributed by atoms with van der Waals surface area (Å²) in [5.41, 5.74) is 0. The van der Waals surface area contributed by atoms with Crippen molar-refractivity contribution in [2.45, 2.75) is 50.7 Å². The minimum Gasteiger partial charge on any atom is -0.381 e. The normalized spacial score (nSPS) is 36.9. The molecule has 3 heteroatoms. The summed E-state index contributed by atoms with van der Waals surface area (Å²) in [6.45, 7) is 2.16.